The molecule has 3 N–H and O–H groups in total. The normalized spacial score (nSPS) is 11.4. The van der Waals surface area contributed by atoms with E-state index < -0.39 is 15.8 Å². The third kappa shape index (κ3) is 6.72. The maximum absolute atomic E-state index is 13.7. The van der Waals surface area contributed by atoms with Crippen molar-refractivity contribution >= 4 is 49.9 Å². The van der Waals surface area contributed by atoms with Gasteiger partial charge in [0.25, 0.3) is 0 Å². The lowest BCUT2D eigenvalue weighted by molar-refractivity contribution is 0.0205. The Morgan fingerprint density at radius 3 is 2.48 bits per heavy atom. The Morgan fingerprint density at radius 2 is 1.88 bits per heavy atom. The maximum atomic E-state index is 13.7. The van der Waals surface area contributed by atoms with Crippen molar-refractivity contribution in [1.82, 2.24) is 10.0 Å². The molecule has 0 saturated carbocycles. The molecule has 174 valence electrons. The van der Waals surface area contributed by atoms with Crippen molar-refractivity contribution in [1.29, 1.82) is 0 Å². The van der Waals surface area contributed by atoms with E-state index in [9.17, 15) is 18.0 Å². The predicted octanol–water partition coefficient (Wildman–Crippen LogP) is 5.13. The number of pyridine rings is 1. The number of sulfonamides is 1. The number of nitrogens with zero attached hydrogens (tertiary/aromatic N) is 2. The van der Waals surface area contributed by atoms with E-state index in [0.717, 1.165) is 33.9 Å². The molecule has 0 unspecified atom stereocenters. The van der Waals surface area contributed by atoms with Crippen molar-refractivity contribution in [3.05, 3.63) is 71.1 Å². The molecule has 2 aromatic carbocycles. The van der Waals surface area contributed by atoms with Gasteiger partial charge in [0.1, 0.15) is 5.82 Å². The van der Waals surface area contributed by atoms with Gasteiger partial charge < -0.3 is 0 Å². The molecule has 0 fully saturated rings. The lowest BCUT2D eigenvalue weighted by Crippen LogP contribution is -2.17. The van der Waals surface area contributed by atoms with Crippen LogP contribution in [0.4, 0.5) is 4.39 Å². The molecular weight excluding hydrogens is 505 g/mol. The van der Waals surface area contributed by atoms with E-state index in [2.05, 4.69) is 4.98 Å². The smallest absolute Gasteiger partial charge is 0.238 e. The van der Waals surface area contributed by atoms with E-state index >= 15 is 0 Å². The second-order valence-electron chi connectivity index (χ2n) is 7.18. The molecule has 11 heteroatoms. The van der Waals surface area contributed by atoms with Crippen molar-refractivity contribution in [2.75, 3.05) is 12.8 Å². The zero-order valence-electron chi connectivity index (χ0n) is 17.5. The fourth-order valence-corrected chi connectivity index (χ4v) is 4.69. The molecule has 33 heavy (non-hydrogen) atoms. The SMILES string of the molecule is CN(O)C(=S)SCCCc1cnc(-c2ccc(F)c(Cl)c2)c(-c2ccc(S(N)(=O)=O)cc2)c1. The van der Waals surface area contributed by atoms with Crippen molar-refractivity contribution in [3.8, 4) is 22.4 Å². The third-order valence-corrected chi connectivity index (χ3v) is 7.57. The average Bonchev–Trinajstić information content (AvgIpc) is 2.78. The minimum Gasteiger partial charge on any atom is -0.287 e. The van der Waals surface area contributed by atoms with E-state index in [0.29, 0.717) is 22.0 Å². The molecule has 0 aliphatic heterocycles. The van der Waals surface area contributed by atoms with Gasteiger partial charge in [-0.1, -0.05) is 47.7 Å². The quantitative estimate of drug-likeness (QED) is 0.251. The van der Waals surface area contributed by atoms with Crippen LogP contribution in [0.3, 0.4) is 0 Å². The second kappa shape index (κ2) is 10.9. The first-order valence-electron chi connectivity index (χ1n) is 9.73. The molecule has 3 rings (SSSR count). The van der Waals surface area contributed by atoms with Gasteiger partial charge in [-0.05, 0) is 60.4 Å². The van der Waals surface area contributed by atoms with E-state index in [-0.39, 0.29) is 9.92 Å². The topological polar surface area (TPSA) is 96.5 Å². The molecule has 0 aliphatic rings. The standard InChI is InChI=1S/C22H21ClFN3O3S3/c1-27(28)22(31)32-10-2-3-14-11-18(15-4-7-17(8-5-15)33(25,29)30)21(26-13-14)16-6-9-20(24)19(23)12-16/h4-9,11-13,28H,2-3,10H2,1H3,(H2,25,29,30). The number of hydrogen-bond donors (Lipinski definition) is 2. The van der Waals surface area contributed by atoms with Gasteiger partial charge in [-0.15, -0.1) is 0 Å². The fraction of sp³-hybridized carbons (Fsp3) is 0.182. The van der Waals surface area contributed by atoms with E-state index in [1.807, 2.05) is 6.07 Å². The van der Waals surface area contributed by atoms with Crippen LogP contribution in [0.5, 0.6) is 0 Å². The van der Waals surface area contributed by atoms with Crippen molar-refractivity contribution in [2.24, 2.45) is 5.14 Å². The molecule has 0 saturated heterocycles. The largest absolute Gasteiger partial charge is 0.287 e. The van der Waals surface area contributed by atoms with Crippen LogP contribution >= 0.6 is 35.6 Å². The molecule has 0 amide bonds. The number of aromatic nitrogens is 1. The summed E-state index contributed by atoms with van der Waals surface area (Å²) in [6.45, 7) is 0. The number of benzene rings is 2. The number of aryl methyl sites for hydroxylation is 1. The Balaban J connectivity index is 1.94. The van der Waals surface area contributed by atoms with Crippen LogP contribution in [0.1, 0.15) is 12.0 Å². The number of thioether (sulfide) groups is 1. The molecule has 3 aromatic rings. The predicted molar refractivity (Wildman–Crippen MR) is 134 cm³/mol. The summed E-state index contributed by atoms with van der Waals surface area (Å²) in [4.78, 5) is 4.61. The summed E-state index contributed by atoms with van der Waals surface area (Å²) < 4.78 is 37.3. The van der Waals surface area contributed by atoms with Gasteiger partial charge in [-0.3, -0.25) is 10.2 Å². The van der Waals surface area contributed by atoms with E-state index in [4.69, 9.17) is 29.0 Å². The van der Waals surface area contributed by atoms with Gasteiger partial charge >= 0.3 is 0 Å². The lowest BCUT2D eigenvalue weighted by Gasteiger charge is -2.13. The second-order valence-corrected chi connectivity index (χ2v) is 10.9. The highest BCUT2D eigenvalue weighted by Gasteiger charge is 2.14. The van der Waals surface area contributed by atoms with Crippen LogP contribution in [0.25, 0.3) is 22.4 Å². The average molecular weight is 526 g/mol. The first-order valence-corrected chi connectivity index (χ1v) is 13.0. The van der Waals surface area contributed by atoms with Crippen LogP contribution in [0, 0.1) is 5.82 Å². The summed E-state index contributed by atoms with van der Waals surface area (Å²) in [6, 6.07) is 12.5. The highest BCUT2D eigenvalue weighted by Crippen LogP contribution is 2.33. The number of hydrogen-bond acceptors (Lipinski definition) is 6. The zero-order chi connectivity index (χ0) is 24.2. The van der Waals surface area contributed by atoms with Crippen LogP contribution in [0.15, 0.2) is 59.6 Å². The Morgan fingerprint density at radius 1 is 1.21 bits per heavy atom. The number of rotatable bonds is 7. The van der Waals surface area contributed by atoms with Crippen molar-refractivity contribution < 1.29 is 18.0 Å². The number of hydroxylamine groups is 2. The van der Waals surface area contributed by atoms with Gasteiger partial charge in [0.05, 0.1) is 15.6 Å². The van der Waals surface area contributed by atoms with Crippen LogP contribution < -0.4 is 5.14 Å². The zero-order valence-corrected chi connectivity index (χ0v) is 20.7. The molecule has 0 radical (unpaired) electrons. The molecule has 0 aliphatic carbocycles. The van der Waals surface area contributed by atoms with Gasteiger partial charge in [0.2, 0.25) is 10.0 Å². The Hall–Kier alpha value is -2.08. The van der Waals surface area contributed by atoms with Gasteiger partial charge in [0, 0.05) is 30.1 Å². The monoisotopic (exact) mass is 525 g/mol. The summed E-state index contributed by atoms with van der Waals surface area (Å²) in [7, 11) is -2.34. The lowest BCUT2D eigenvalue weighted by atomic mass is 9.97. The highest BCUT2D eigenvalue weighted by molar-refractivity contribution is 8.22. The summed E-state index contributed by atoms with van der Waals surface area (Å²) in [6.07, 6.45) is 3.26. The van der Waals surface area contributed by atoms with Gasteiger partial charge in [-0.2, -0.15) is 0 Å². The minimum atomic E-state index is -3.82. The Labute approximate surface area is 206 Å². The number of primary sulfonamides is 1. The maximum Gasteiger partial charge on any atom is 0.238 e. The fourth-order valence-electron chi connectivity index (χ4n) is 3.09. The summed E-state index contributed by atoms with van der Waals surface area (Å²) in [5.74, 6) is 0.192. The first kappa shape index (κ1) is 25.5. The van der Waals surface area contributed by atoms with E-state index in [1.54, 1.807) is 24.4 Å². The number of thiocarbonyl (C=S) groups is 1. The minimum absolute atomic E-state index is 0.00332. The summed E-state index contributed by atoms with van der Waals surface area (Å²) in [5, 5.41) is 15.4. The van der Waals surface area contributed by atoms with Crippen LogP contribution in [0.2, 0.25) is 5.02 Å². The molecule has 0 atom stereocenters. The van der Waals surface area contributed by atoms with Gasteiger partial charge in [0.15, 0.2) is 4.32 Å². The molecule has 1 aromatic heterocycles. The number of halogens is 2. The van der Waals surface area contributed by atoms with Gasteiger partial charge in [-0.25, -0.2) is 23.0 Å². The summed E-state index contributed by atoms with van der Waals surface area (Å²) in [5.41, 5.74) is 3.65. The third-order valence-electron chi connectivity index (χ3n) is 4.73. The van der Waals surface area contributed by atoms with Crippen LogP contribution in [-0.2, 0) is 16.4 Å². The van der Waals surface area contributed by atoms with Crippen molar-refractivity contribution in [2.45, 2.75) is 17.7 Å². The molecule has 0 spiro atoms. The Kier molecular flexibility index (Phi) is 8.43. The van der Waals surface area contributed by atoms with E-state index in [1.165, 1.54) is 43.1 Å². The first-order chi connectivity index (χ1) is 15.6. The molecule has 0 bridgehead atoms. The molecular formula is C22H21ClFN3O3S3. The molecule has 6 nitrogen and oxygen atoms in total. The molecule has 1 heterocycles. The Bertz CT molecular complexity index is 1270. The van der Waals surface area contributed by atoms with Crippen molar-refractivity contribution in [3.63, 3.8) is 0 Å². The highest BCUT2D eigenvalue weighted by atomic mass is 35.5. The van der Waals surface area contributed by atoms with Crippen LogP contribution in [-0.4, -0.2) is 40.8 Å². The number of nitrogens with two attached hydrogens (primary N) is 1. The summed E-state index contributed by atoms with van der Waals surface area (Å²) >= 11 is 12.4.